The van der Waals surface area contributed by atoms with Crippen LogP contribution >= 0.6 is 34.8 Å². The highest BCUT2D eigenvalue weighted by Crippen LogP contribution is 2.25. The average Bonchev–Trinajstić information content (AvgIpc) is 3.02. The summed E-state index contributed by atoms with van der Waals surface area (Å²) in [5.74, 6) is 1.14. The lowest BCUT2D eigenvalue weighted by Gasteiger charge is -2.12. The highest BCUT2D eigenvalue weighted by Gasteiger charge is 2.13. The Kier molecular flexibility index (Phi) is 8.07. The Morgan fingerprint density at radius 1 is 1.13 bits per heavy atom. The molecule has 1 N–H and O–H groups in total. The van der Waals surface area contributed by atoms with E-state index >= 15 is 0 Å². The molecule has 0 aliphatic carbocycles. The van der Waals surface area contributed by atoms with Gasteiger partial charge in [0.05, 0.1) is 12.8 Å². The van der Waals surface area contributed by atoms with Crippen LogP contribution in [0.2, 0.25) is 15.2 Å². The zero-order chi connectivity index (χ0) is 22.4. The van der Waals surface area contributed by atoms with Crippen molar-refractivity contribution in [3.8, 4) is 11.5 Å². The SMILES string of the molecule is COc1ccc(C(=O)NCCCn2nc(C)c(Cl)c2Cl)cc1COc1ccc(Cl)cc1. The molecular weight excluding hydrogens is 461 g/mol. The van der Waals surface area contributed by atoms with E-state index in [4.69, 9.17) is 44.3 Å². The van der Waals surface area contributed by atoms with E-state index in [0.717, 1.165) is 5.56 Å². The van der Waals surface area contributed by atoms with Crippen molar-refractivity contribution in [3.05, 3.63) is 74.5 Å². The number of aryl methyl sites for hydroxylation is 2. The molecule has 3 rings (SSSR count). The molecule has 3 aromatic rings. The Hall–Kier alpha value is -2.41. The first-order chi connectivity index (χ1) is 14.9. The lowest BCUT2D eigenvalue weighted by Crippen LogP contribution is -2.25. The van der Waals surface area contributed by atoms with Gasteiger partial charge in [-0.2, -0.15) is 5.10 Å². The number of benzene rings is 2. The molecule has 2 aromatic carbocycles. The number of nitrogens with one attached hydrogen (secondary N) is 1. The smallest absolute Gasteiger partial charge is 0.251 e. The van der Waals surface area contributed by atoms with Crippen LogP contribution in [0.1, 0.15) is 28.0 Å². The summed E-state index contributed by atoms with van der Waals surface area (Å²) in [5.41, 5.74) is 1.97. The summed E-state index contributed by atoms with van der Waals surface area (Å²) in [6.07, 6.45) is 0.658. The summed E-state index contributed by atoms with van der Waals surface area (Å²) < 4.78 is 12.8. The average molecular weight is 483 g/mol. The maximum atomic E-state index is 12.6. The molecule has 6 nitrogen and oxygen atoms in total. The number of amides is 1. The standard InChI is InChI=1S/C22H22Cl3N3O3/c1-14-20(24)21(25)28(27-14)11-3-10-26-22(29)15-4-9-19(30-2)16(12-15)13-31-18-7-5-17(23)6-8-18/h4-9,12H,3,10-11,13H2,1-2H3,(H,26,29). The van der Waals surface area contributed by atoms with Crippen LogP contribution < -0.4 is 14.8 Å². The monoisotopic (exact) mass is 481 g/mol. The summed E-state index contributed by atoms with van der Waals surface area (Å²) in [5, 5.41) is 8.67. The minimum atomic E-state index is -0.184. The zero-order valence-corrected chi connectivity index (χ0v) is 19.4. The van der Waals surface area contributed by atoms with Crippen molar-refractivity contribution in [1.82, 2.24) is 15.1 Å². The number of nitrogens with zero attached hydrogens (tertiary/aromatic N) is 2. The van der Waals surface area contributed by atoms with Gasteiger partial charge in [0.2, 0.25) is 0 Å². The minimum absolute atomic E-state index is 0.184. The van der Waals surface area contributed by atoms with Crippen LogP contribution in [0.3, 0.4) is 0 Å². The first-order valence-electron chi connectivity index (χ1n) is 9.61. The molecule has 1 amide bonds. The van der Waals surface area contributed by atoms with E-state index in [2.05, 4.69) is 10.4 Å². The number of halogens is 3. The molecule has 0 fully saturated rings. The molecule has 0 unspecified atom stereocenters. The molecular formula is C22H22Cl3N3O3. The summed E-state index contributed by atoms with van der Waals surface area (Å²) in [6, 6.07) is 12.3. The molecule has 164 valence electrons. The van der Waals surface area contributed by atoms with Gasteiger partial charge >= 0.3 is 0 Å². The van der Waals surface area contributed by atoms with Gasteiger partial charge in [-0.3, -0.25) is 9.48 Å². The van der Waals surface area contributed by atoms with Gasteiger partial charge in [0.15, 0.2) is 0 Å². The first-order valence-corrected chi connectivity index (χ1v) is 10.7. The summed E-state index contributed by atoms with van der Waals surface area (Å²) in [6.45, 7) is 3.07. The zero-order valence-electron chi connectivity index (χ0n) is 17.1. The van der Waals surface area contributed by atoms with E-state index < -0.39 is 0 Å². The van der Waals surface area contributed by atoms with Gasteiger partial charge in [0.25, 0.3) is 5.91 Å². The van der Waals surface area contributed by atoms with Crippen LogP contribution in [0.25, 0.3) is 0 Å². The highest BCUT2D eigenvalue weighted by molar-refractivity contribution is 6.41. The molecule has 9 heteroatoms. The third-order valence-electron chi connectivity index (χ3n) is 4.58. The van der Waals surface area contributed by atoms with Gasteiger partial charge in [-0.15, -0.1) is 0 Å². The van der Waals surface area contributed by atoms with E-state index in [1.807, 2.05) is 0 Å². The van der Waals surface area contributed by atoms with Gasteiger partial charge in [0, 0.05) is 29.2 Å². The van der Waals surface area contributed by atoms with Crippen LogP contribution in [-0.2, 0) is 13.2 Å². The van der Waals surface area contributed by atoms with Crippen molar-refractivity contribution in [1.29, 1.82) is 0 Å². The van der Waals surface area contributed by atoms with Crippen molar-refractivity contribution in [2.45, 2.75) is 26.5 Å². The maximum Gasteiger partial charge on any atom is 0.251 e. The normalized spacial score (nSPS) is 10.7. The Balaban J connectivity index is 1.57. The fraction of sp³-hybridized carbons (Fsp3) is 0.273. The second-order valence-electron chi connectivity index (χ2n) is 6.79. The van der Waals surface area contributed by atoms with Crippen molar-refractivity contribution < 1.29 is 14.3 Å². The second-order valence-corrected chi connectivity index (χ2v) is 7.96. The summed E-state index contributed by atoms with van der Waals surface area (Å²) >= 11 is 18.1. The summed E-state index contributed by atoms with van der Waals surface area (Å²) in [4.78, 5) is 12.6. The molecule has 1 heterocycles. The number of rotatable bonds is 9. The molecule has 0 saturated heterocycles. The molecule has 0 aliphatic rings. The number of carbonyl (C=O) groups excluding carboxylic acids is 1. The first kappa shape index (κ1) is 23.3. The number of methoxy groups -OCH3 is 1. The molecule has 0 aliphatic heterocycles. The van der Waals surface area contributed by atoms with Crippen molar-refractivity contribution in [2.24, 2.45) is 0 Å². The Morgan fingerprint density at radius 2 is 1.87 bits per heavy atom. The van der Waals surface area contributed by atoms with Crippen LogP contribution in [0.5, 0.6) is 11.5 Å². The molecule has 0 bridgehead atoms. The van der Waals surface area contributed by atoms with Gasteiger partial charge < -0.3 is 14.8 Å². The lowest BCUT2D eigenvalue weighted by molar-refractivity contribution is 0.0952. The van der Waals surface area contributed by atoms with Crippen molar-refractivity contribution >= 4 is 40.7 Å². The van der Waals surface area contributed by atoms with Crippen LogP contribution in [0.15, 0.2) is 42.5 Å². The van der Waals surface area contributed by atoms with Crippen LogP contribution in [0.4, 0.5) is 0 Å². The molecule has 0 spiro atoms. The Bertz CT molecular complexity index is 1050. The minimum Gasteiger partial charge on any atom is -0.496 e. The number of aromatic nitrogens is 2. The van der Waals surface area contributed by atoms with Crippen molar-refractivity contribution in [2.75, 3.05) is 13.7 Å². The van der Waals surface area contributed by atoms with E-state index in [-0.39, 0.29) is 12.5 Å². The Labute approximate surface area is 196 Å². The molecule has 1 aromatic heterocycles. The van der Waals surface area contributed by atoms with E-state index in [1.165, 1.54) is 0 Å². The maximum absolute atomic E-state index is 12.6. The molecule has 0 saturated carbocycles. The third-order valence-corrected chi connectivity index (χ3v) is 5.76. The predicted molar refractivity (Wildman–Crippen MR) is 123 cm³/mol. The molecule has 0 radical (unpaired) electrons. The largest absolute Gasteiger partial charge is 0.496 e. The quantitative estimate of drug-likeness (QED) is 0.406. The topological polar surface area (TPSA) is 65.4 Å². The van der Waals surface area contributed by atoms with Crippen molar-refractivity contribution in [3.63, 3.8) is 0 Å². The van der Waals surface area contributed by atoms with Gasteiger partial charge in [-0.25, -0.2) is 0 Å². The molecule has 31 heavy (non-hydrogen) atoms. The summed E-state index contributed by atoms with van der Waals surface area (Å²) in [7, 11) is 1.58. The molecule has 0 atom stereocenters. The number of hydrogen-bond acceptors (Lipinski definition) is 4. The van der Waals surface area contributed by atoms with E-state index in [0.29, 0.717) is 57.5 Å². The third kappa shape index (κ3) is 6.06. The highest BCUT2D eigenvalue weighted by atomic mass is 35.5. The fourth-order valence-corrected chi connectivity index (χ4v) is 3.46. The Morgan fingerprint density at radius 3 is 2.52 bits per heavy atom. The van der Waals surface area contributed by atoms with Gasteiger partial charge in [-0.05, 0) is 55.8 Å². The van der Waals surface area contributed by atoms with Gasteiger partial charge in [-0.1, -0.05) is 34.8 Å². The van der Waals surface area contributed by atoms with Crippen LogP contribution in [0, 0.1) is 6.92 Å². The van der Waals surface area contributed by atoms with E-state index in [9.17, 15) is 4.79 Å². The lowest BCUT2D eigenvalue weighted by atomic mass is 10.1. The van der Waals surface area contributed by atoms with Crippen LogP contribution in [-0.4, -0.2) is 29.3 Å². The number of carbonyl (C=O) groups is 1. The van der Waals surface area contributed by atoms with Gasteiger partial charge in [0.1, 0.15) is 28.3 Å². The second kappa shape index (κ2) is 10.8. The van der Waals surface area contributed by atoms with E-state index in [1.54, 1.807) is 61.2 Å². The fourth-order valence-electron chi connectivity index (χ4n) is 2.94. The predicted octanol–water partition coefficient (Wildman–Crippen LogP) is 5.56. The number of ether oxygens (including phenoxy) is 2. The number of hydrogen-bond donors (Lipinski definition) is 1.